The highest BCUT2D eigenvalue weighted by molar-refractivity contribution is 6.15. The largest absolute Gasteiger partial charge is 0.454 e. The molecular formula is C48H30N4O. The molecule has 5 nitrogen and oxygen atoms in total. The Morgan fingerprint density at radius 3 is 1.40 bits per heavy atom. The molecule has 248 valence electrons. The van der Waals surface area contributed by atoms with Gasteiger partial charge in [0.25, 0.3) is 0 Å². The Balaban J connectivity index is 1.13. The van der Waals surface area contributed by atoms with Crippen LogP contribution in [-0.2, 0) is 0 Å². The number of pyridine rings is 1. The summed E-state index contributed by atoms with van der Waals surface area (Å²) in [6.45, 7) is 0. The first-order valence-electron chi connectivity index (χ1n) is 17.6. The summed E-state index contributed by atoms with van der Waals surface area (Å²) >= 11 is 0. The van der Waals surface area contributed by atoms with Gasteiger partial charge in [0, 0.05) is 33.0 Å². The molecule has 0 radical (unpaired) electrons. The molecule has 7 aromatic carbocycles. The van der Waals surface area contributed by atoms with Gasteiger partial charge >= 0.3 is 0 Å². The lowest BCUT2D eigenvalue weighted by Crippen LogP contribution is -2.00. The Kier molecular flexibility index (Phi) is 7.40. The Labute approximate surface area is 305 Å². The number of nitrogens with zero attached hydrogens (tertiary/aromatic N) is 4. The van der Waals surface area contributed by atoms with Crippen molar-refractivity contribution in [3.63, 3.8) is 0 Å². The van der Waals surface area contributed by atoms with Gasteiger partial charge in [0.15, 0.2) is 23.1 Å². The average molecular weight is 679 g/mol. The van der Waals surface area contributed by atoms with Crippen LogP contribution in [0.25, 0.3) is 101 Å². The van der Waals surface area contributed by atoms with Crippen LogP contribution in [0.4, 0.5) is 0 Å². The van der Waals surface area contributed by atoms with Gasteiger partial charge in [0.05, 0.1) is 5.52 Å². The molecular weight excluding hydrogens is 649 g/mol. The fourth-order valence-corrected chi connectivity index (χ4v) is 7.09. The van der Waals surface area contributed by atoms with Crippen molar-refractivity contribution in [3.05, 3.63) is 182 Å². The molecule has 3 aromatic heterocycles. The van der Waals surface area contributed by atoms with Gasteiger partial charge in [-0.05, 0) is 52.1 Å². The smallest absolute Gasteiger partial charge is 0.164 e. The number of fused-ring (bicyclic) bond motifs is 4. The normalized spacial score (nSPS) is 11.4. The van der Waals surface area contributed by atoms with E-state index in [1.807, 2.05) is 42.5 Å². The summed E-state index contributed by atoms with van der Waals surface area (Å²) in [5.41, 5.74) is 12.6. The highest BCUT2D eigenvalue weighted by atomic mass is 16.3. The number of aromatic nitrogens is 4. The molecule has 0 aliphatic carbocycles. The molecule has 10 aromatic rings. The Morgan fingerprint density at radius 1 is 0.321 bits per heavy atom. The minimum Gasteiger partial charge on any atom is -0.454 e. The van der Waals surface area contributed by atoms with E-state index in [2.05, 4.69) is 140 Å². The molecule has 0 saturated carbocycles. The van der Waals surface area contributed by atoms with Crippen LogP contribution in [0.15, 0.2) is 186 Å². The fourth-order valence-electron chi connectivity index (χ4n) is 7.09. The first-order valence-corrected chi connectivity index (χ1v) is 17.6. The highest BCUT2D eigenvalue weighted by Gasteiger charge is 2.19. The minimum absolute atomic E-state index is 0.588. The third-order valence-corrected chi connectivity index (χ3v) is 9.75. The molecule has 0 fully saturated rings. The molecule has 0 spiro atoms. The monoisotopic (exact) mass is 678 g/mol. The van der Waals surface area contributed by atoms with E-state index in [4.69, 9.17) is 24.4 Å². The highest BCUT2D eigenvalue weighted by Crippen LogP contribution is 2.40. The van der Waals surface area contributed by atoms with Crippen LogP contribution < -0.4 is 0 Å². The summed E-state index contributed by atoms with van der Waals surface area (Å²) in [6, 6.07) is 62.3. The van der Waals surface area contributed by atoms with Gasteiger partial charge in [-0.1, -0.05) is 158 Å². The average Bonchev–Trinajstić information content (AvgIpc) is 3.61. The molecule has 0 aliphatic rings. The first-order chi connectivity index (χ1) is 26.2. The van der Waals surface area contributed by atoms with E-state index in [0.29, 0.717) is 17.5 Å². The molecule has 5 heteroatoms. The Bertz CT molecular complexity index is 2820. The van der Waals surface area contributed by atoms with Crippen molar-refractivity contribution in [1.29, 1.82) is 0 Å². The van der Waals surface area contributed by atoms with Crippen molar-refractivity contribution in [2.24, 2.45) is 0 Å². The quantitative estimate of drug-likeness (QED) is 0.175. The van der Waals surface area contributed by atoms with Crippen LogP contribution in [0, 0.1) is 0 Å². The third-order valence-electron chi connectivity index (χ3n) is 9.75. The van der Waals surface area contributed by atoms with Gasteiger partial charge in [-0.3, -0.25) is 0 Å². The van der Waals surface area contributed by atoms with E-state index >= 15 is 0 Å². The number of hydrogen-bond acceptors (Lipinski definition) is 5. The molecule has 0 amide bonds. The second-order valence-corrected chi connectivity index (χ2v) is 13.1. The lowest BCUT2D eigenvalue weighted by molar-refractivity contribution is 0.670. The van der Waals surface area contributed by atoms with Gasteiger partial charge in [0.2, 0.25) is 0 Å². The van der Waals surface area contributed by atoms with E-state index in [0.717, 1.165) is 83.0 Å². The fraction of sp³-hybridized carbons (Fsp3) is 0. The van der Waals surface area contributed by atoms with Crippen molar-refractivity contribution in [2.75, 3.05) is 0 Å². The summed E-state index contributed by atoms with van der Waals surface area (Å²) in [5, 5.41) is 2.01. The van der Waals surface area contributed by atoms with Gasteiger partial charge < -0.3 is 4.42 Å². The molecule has 0 saturated heterocycles. The molecule has 10 rings (SSSR count). The summed E-state index contributed by atoms with van der Waals surface area (Å²) in [7, 11) is 0. The van der Waals surface area contributed by atoms with Gasteiger partial charge in [-0.25, -0.2) is 19.9 Å². The van der Waals surface area contributed by atoms with Crippen LogP contribution in [0.3, 0.4) is 0 Å². The molecule has 3 heterocycles. The van der Waals surface area contributed by atoms with Crippen molar-refractivity contribution < 1.29 is 4.42 Å². The number of furan rings is 1. The van der Waals surface area contributed by atoms with Crippen molar-refractivity contribution in [3.8, 4) is 67.5 Å². The van der Waals surface area contributed by atoms with Crippen molar-refractivity contribution in [1.82, 2.24) is 19.9 Å². The SMILES string of the molecule is c1ccc(-c2ccc(-c3nc(-c4ccc(-c5ccccc5)cc4)nc(-c4cccc(-c5c6ccccc6nc6c5oc5ccccc56)c4)n3)cc2)cc1. The number of benzene rings is 7. The molecule has 0 unspecified atom stereocenters. The number of para-hydroxylation sites is 2. The van der Waals surface area contributed by atoms with E-state index in [1.54, 1.807) is 0 Å². The van der Waals surface area contributed by atoms with Crippen molar-refractivity contribution >= 4 is 33.0 Å². The predicted molar refractivity (Wildman–Crippen MR) is 215 cm³/mol. The van der Waals surface area contributed by atoms with Crippen LogP contribution in [0.5, 0.6) is 0 Å². The van der Waals surface area contributed by atoms with Crippen molar-refractivity contribution in [2.45, 2.75) is 0 Å². The maximum atomic E-state index is 6.52. The van der Waals surface area contributed by atoms with Gasteiger partial charge in [-0.15, -0.1) is 0 Å². The zero-order valence-corrected chi connectivity index (χ0v) is 28.5. The molecule has 0 atom stereocenters. The third kappa shape index (κ3) is 5.61. The standard InChI is InChI=1S/C48H30N4O/c1-3-12-31(13-4-1)33-22-26-35(27-23-33)46-50-47(36-28-24-34(25-29-36)32-14-5-2-6-15-32)52-48(51-46)38-17-11-16-37(30-38)43-39-18-7-9-20-41(39)49-44-40-19-8-10-21-42(40)53-45(43)44/h1-30H. The molecule has 0 bridgehead atoms. The Morgan fingerprint density at radius 2 is 0.774 bits per heavy atom. The second-order valence-electron chi connectivity index (χ2n) is 13.1. The van der Waals surface area contributed by atoms with Crippen LogP contribution in [-0.4, -0.2) is 19.9 Å². The lowest BCUT2D eigenvalue weighted by Gasteiger charge is -2.12. The molecule has 53 heavy (non-hydrogen) atoms. The zero-order valence-electron chi connectivity index (χ0n) is 28.5. The summed E-state index contributed by atoms with van der Waals surface area (Å²) in [5.74, 6) is 1.80. The number of hydrogen-bond donors (Lipinski definition) is 0. The maximum Gasteiger partial charge on any atom is 0.164 e. The van der Waals surface area contributed by atoms with E-state index in [1.165, 1.54) is 0 Å². The van der Waals surface area contributed by atoms with Crippen LogP contribution >= 0.6 is 0 Å². The summed E-state index contributed by atoms with van der Waals surface area (Å²) in [4.78, 5) is 20.3. The predicted octanol–water partition coefficient (Wildman–Crippen LogP) is 12.3. The van der Waals surface area contributed by atoms with Gasteiger partial charge in [-0.2, -0.15) is 0 Å². The van der Waals surface area contributed by atoms with E-state index in [-0.39, 0.29) is 0 Å². The zero-order chi connectivity index (χ0) is 35.1. The molecule has 0 aliphatic heterocycles. The summed E-state index contributed by atoms with van der Waals surface area (Å²) < 4.78 is 6.52. The van der Waals surface area contributed by atoms with Crippen LogP contribution in [0.2, 0.25) is 0 Å². The second kappa shape index (κ2) is 12.8. The minimum atomic E-state index is 0.588. The summed E-state index contributed by atoms with van der Waals surface area (Å²) in [6.07, 6.45) is 0. The van der Waals surface area contributed by atoms with E-state index in [9.17, 15) is 0 Å². The Hall–Kier alpha value is -7.24. The van der Waals surface area contributed by atoms with Gasteiger partial charge in [0.1, 0.15) is 11.1 Å². The number of rotatable bonds is 6. The lowest BCUT2D eigenvalue weighted by atomic mass is 9.97. The topological polar surface area (TPSA) is 64.7 Å². The van der Waals surface area contributed by atoms with Crippen LogP contribution in [0.1, 0.15) is 0 Å². The molecule has 0 N–H and O–H groups in total. The maximum absolute atomic E-state index is 6.52. The van der Waals surface area contributed by atoms with E-state index < -0.39 is 0 Å². The first kappa shape index (κ1) is 30.6.